The third kappa shape index (κ3) is 7.10. The summed E-state index contributed by atoms with van der Waals surface area (Å²) in [6.45, 7) is 6.77. The number of carbonyl (C=O) groups excluding carboxylic acids is 1. The zero-order valence-corrected chi connectivity index (χ0v) is 20.9. The number of carboxylic acid groups (broad SMARTS) is 1. The van der Waals surface area contributed by atoms with Crippen LogP contribution < -0.4 is 10.6 Å². The van der Waals surface area contributed by atoms with E-state index in [1.165, 1.54) is 31.2 Å². The highest BCUT2D eigenvalue weighted by atomic mass is 19.1. The number of anilines is 1. The minimum atomic E-state index is -1.17. The Labute approximate surface area is 207 Å². The number of nitrogens with one attached hydrogen (secondary N) is 2. The number of nitrogens with zero attached hydrogens (tertiary/aromatic N) is 3. The lowest BCUT2D eigenvalue weighted by atomic mass is 9.80. The monoisotopic (exact) mass is 487 g/mol. The van der Waals surface area contributed by atoms with Crippen LogP contribution >= 0.6 is 0 Å². The fourth-order valence-electron chi connectivity index (χ4n) is 5.25. The summed E-state index contributed by atoms with van der Waals surface area (Å²) in [5.74, 6) is -2.06. The van der Waals surface area contributed by atoms with Crippen molar-refractivity contribution in [3.63, 3.8) is 0 Å². The van der Waals surface area contributed by atoms with E-state index >= 15 is 4.39 Å². The van der Waals surface area contributed by atoms with E-state index in [1.54, 1.807) is 6.08 Å². The van der Waals surface area contributed by atoms with Crippen molar-refractivity contribution in [2.24, 2.45) is 17.8 Å². The van der Waals surface area contributed by atoms with Crippen LogP contribution in [0.25, 0.3) is 0 Å². The van der Waals surface area contributed by atoms with Crippen LogP contribution in [0, 0.1) is 17.8 Å². The molecule has 8 nitrogen and oxygen atoms in total. The molecule has 2 aliphatic carbocycles. The summed E-state index contributed by atoms with van der Waals surface area (Å²) >= 11 is 0. The lowest BCUT2D eigenvalue weighted by molar-refractivity contribution is -0.138. The topological polar surface area (TPSA) is 107 Å². The van der Waals surface area contributed by atoms with Crippen LogP contribution in [0.5, 0.6) is 0 Å². The maximum atomic E-state index is 15.8. The van der Waals surface area contributed by atoms with Crippen molar-refractivity contribution in [1.82, 2.24) is 20.2 Å². The summed E-state index contributed by atoms with van der Waals surface area (Å²) in [5.41, 5.74) is -0.739. The molecule has 3 atom stereocenters. The van der Waals surface area contributed by atoms with Crippen LogP contribution in [0.15, 0.2) is 42.8 Å². The van der Waals surface area contributed by atoms with Gasteiger partial charge in [0.05, 0.1) is 18.1 Å². The summed E-state index contributed by atoms with van der Waals surface area (Å²) in [4.78, 5) is 34.5. The molecule has 3 unspecified atom stereocenters. The normalized spacial score (nSPS) is 23.7. The highest BCUT2D eigenvalue weighted by Crippen LogP contribution is 2.38. The predicted molar refractivity (Wildman–Crippen MR) is 133 cm³/mol. The van der Waals surface area contributed by atoms with E-state index in [1.807, 2.05) is 13.0 Å². The average molecular weight is 488 g/mol. The van der Waals surface area contributed by atoms with Gasteiger partial charge < -0.3 is 15.7 Å². The molecule has 1 heterocycles. The number of carbonyl (C=O) groups is 2. The molecule has 192 valence electrons. The Bertz CT molecular complexity index is 917. The van der Waals surface area contributed by atoms with Gasteiger partial charge >= 0.3 is 12.0 Å². The van der Waals surface area contributed by atoms with E-state index < -0.39 is 29.4 Å². The molecule has 0 bridgehead atoms. The van der Waals surface area contributed by atoms with Crippen molar-refractivity contribution in [3.8, 4) is 0 Å². The largest absolute Gasteiger partial charge is 0.481 e. The van der Waals surface area contributed by atoms with Crippen molar-refractivity contribution in [3.05, 3.63) is 42.8 Å². The first kappa shape index (κ1) is 26.8. The molecule has 0 spiro atoms. The summed E-state index contributed by atoms with van der Waals surface area (Å²) in [7, 11) is 0. The molecule has 0 aromatic carbocycles. The van der Waals surface area contributed by atoms with Gasteiger partial charge in [-0.2, -0.15) is 0 Å². The van der Waals surface area contributed by atoms with E-state index in [9.17, 15) is 14.7 Å². The van der Waals surface area contributed by atoms with Crippen LogP contribution in [-0.2, 0) is 4.79 Å². The molecule has 0 aliphatic heterocycles. The van der Waals surface area contributed by atoms with Crippen molar-refractivity contribution in [2.75, 3.05) is 11.9 Å². The van der Waals surface area contributed by atoms with Gasteiger partial charge in [0.15, 0.2) is 0 Å². The van der Waals surface area contributed by atoms with Crippen LogP contribution in [-0.4, -0.2) is 50.2 Å². The minimum Gasteiger partial charge on any atom is -0.481 e. The summed E-state index contributed by atoms with van der Waals surface area (Å²) in [5, 5.41) is 15.1. The van der Waals surface area contributed by atoms with Crippen molar-refractivity contribution < 1.29 is 19.1 Å². The second kappa shape index (κ2) is 12.2. The molecule has 35 heavy (non-hydrogen) atoms. The summed E-state index contributed by atoms with van der Waals surface area (Å²) in [6, 6.07) is -0.299. The Morgan fingerprint density at radius 1 is 1.23 bits per heavy atom. The molecule has 0 radical (unpaired) electrons. The molecule has 0 saturated heterocycles. The number of urea groups is 1. The Morgan fingerprint density at radius 3 is 2.49 bits per heavy atom. The number of carboxylic acids is 1. The number of allylic oxidation sites excluding steroid dienone is 2. The van der Waals surface area contributed by atoms with Crippen molar-refractivity contribution >= 4 is 17.7 Å². The predicted octanol–water partition coefficient (Wildman–Crippen LogP) is 5.13. The second-order valence-corrected chi connectivity index (χ2v) is 10.0. The third-order valence-electron chi connectivity index (χ3n) is 6.89. The number of halogens is 1. The molecule has 9 heteroatoms. The van der Waals surface area contributed by atoms with Gasteiger partial charge in [-0.05, 0) is 36.8 Å². The van der Waals surface area contributed by atoms with Crippen LogP contribution in [0.2, 0.25) is 0 Å². The molecular formula is C26H38FN5O3. The van der Waals surface area contributed by atoms with Crippen molar-refractivity contribution in [2.45, 2.75) is 77.4 Å². The Kier molecular flexibility index (Phi) is 9.37. The Balaban J connectivity index is 1.96. The lowest BCUT2D eigenvalue weighted by Crippen LogP contribution is -2.64. The first-order valence-corrected chi connectivity index (χ1v) is 12.6. The number of aromatic nitrogens is 2. The maximum Gasteiger partial charge on any atom is 0.321 e. The first-order valence-electron chi connectivity index (χ1n) is 12.6. The smallest absolute Gasteiger partial charge is 0.321 e. The fraction of sp³-hybridized carbons (Fsp3) is 0.615. The lowest BCUT2D eigenvalue weighted by Gasteiger charge is -2.48. The van der Waals surface area contributed by atoms with E-state index in [4.69, 9.17) is 0 Å². The number of hydrogen-bond acceptors (Lipinski definition) is 5. The zero-order valence-electron chi connectivity index (χ0n) is 20.9. The van der Waals surface area contributed by atoms with Gasteiger partial charge in [-0.1, -0.05) is 52.5 Å². The van der Waals surface area contributed by atoms with E-state index in [0.29, 0.717) is 24.6 Å². The molecule has 2 aliphatic rings. The maximum absolute atomic E-state index is 15.8. The number of hydrogen-bond donors (Lipinski definition) is 3. The molecule has 1 aromatic rings. The van der Waals surface area contributed by atoms with Gasteiger partial charge in [0, 0.05) is 24.9 Å². The zero-order chi connectivity index (χ0) is 25.4. The van der Waals surface area contributed by atoms with Gasteiger partial charge in [-0.3, -0.25) is 9.69 Å². The third-order valence-corrected chi connectivity index (χ3v) is 6.89. The van der Waals surface area contributed by atoms with E-state index in [0.717, 1.165) is 25.7 Å². The highest BCUT2D eigenvalue weighted by Gasteiger charge is 2.43. The van der Waals surface area contributed by atoms with Gasteiger partial charge in [-0.25, -0.2) is 19.2 Å². The van der Waals surface area contributed by atoms with Crippen LogP contribution in [0.4, 0.5) is 14.9 Å². The molecule has 1 saturated carbocycles. The van der Waals surface area contributed by atoms with Crippen LogP contribution in [0.3, 0.4) is 0 Å². The second-order valence-electron chi connectivity index (χ2n) is 10.0. The SMILES string of the molecule is CCC(CC(=O)O)C1C=CC(NC(=O)Nc2cncnc2)(N(CC(C)C)C2CCCCC2)C=C1F. The number of aliphatic carboxylic acids is 1. The van der Waals surface area contributed by atoms with Gasteiger partial charge in [0.2, 0.25) is 0 Å². The molecule has 2 amide bonds. The average Bonchev–Trinajstić information content (AvgIpc) is 2.82. The molecule has 1 aromatic heterocycles. The fourth-order valence-corrected chi connectivity index (χ4v) is 5.25. The summed E-state index contributed by atoms with van der Waals surface area (Å²) in [6.07, 6.45) is 15.2. The minimum absolute atomic E-state index is 0.111. The van der Waals surface area contributed by atoms with Gasteiger partial charge in [0.25, 0.3) is 0 Å². The quantitative estimate of drug-likeness (QED) is 0.312. The first-order chi connectivity index (χ1) is 16.7. The summed E-state index contributed by atoms with van der Waals surface area (Å²) < 4.78 is 15.8. The molecule has 1 fully saturated rings. The number of amides is 2. The molecular weight excluding hydrogens is 449 g/mol. The Hall–Kier alpha value is -2.81. The number of rotatable bonds is 10. The molecule has 3 N–H and O–H groups in total. The van der Waals surface area contributed by atoms with Gasteiger partial charge in [0.1, 0.15) is 17.8 Å². The van der Waals surface area contributed by atoms with Crippen LogP contribution in [0.1, 0.15) is 65.7 Å². The van der Waals surface area contributed by atoms with Crippen molar-refractivity contribution in [1.29, 1.82) is 0 Å². The van der Waals surface area contributed by atoms with E-state index in [-0.39, 0.29) is 18.4 Å². The molecule has 3 rings (SSSR count). The standard InChI is InChI=1S/C26H38FN5O3/c1-4-19(12-24(33)34)22-10-11-26(13-23(22)27,31-25(35)30-20-14-28-17-29-15-20)32(16-18(2)3)21-8-6-5-7-9-21/h10-11,13-15,17-19,21-22H,4-9,12,16H2,1-3H3,(H,33,34)(H2,30,31,35). The highest BCUT2D eigenvalue weighted by molar-refractivity contribution is 5.89. The Morgan fingerprint density at radius 2 is 1.91 bits per heavy atom. The van der Waals surface area contributed by atoms with Gasteiger partial charge in [-0.15, -0.1) is 0 Å². The van der Waals surface area contributed by atoms with E-state index in [2.05, 4.69) is 39.3 Å².